The molecule has 1 aliphatic carbocycles. The van der Waals surface area contributed by atoms with Crippen molar-refractivity contribution in [3.05, 3.63) is 76.9 Å². The maximum atomic E-state index is 12.6. The van der Waals surface area contributed by atoms with Crippen molar-refractivity contribution in [2.45, 2.75) is 25.7 Å². The Bertz CT molecular complexity index is 788. The molecule has 2 aromatic carbocycles. The topological polar surface area (TPSA) is 54.4 Å². The minimum absolute atomic E-state index is 0.00644. The molecule has 0 saturated carbocycles. The summed E-state index contributed by atoms with van der Waals surface area (Å²) in [5, 5.41) is 10.7. The average molecular weight is 306 g/mol. The first-order chi connectivity index (χ1) is 11.1. The van der Waals surface area contributed by atoms with Crippen LogP contribution in [0.15, 0.2) is 60.2 Å². The van der Waals surface area contributed by atoms with Crippen molar-refractivity contribution in [3.63, 3.8) is 0 Å². The molecular weight excluding hydrogens is 288 g/mol. The highest BCUT2D eigenvalue weighted by molar-refractivity contribution is 6.07. The zero-order valence-electron chi connectivity index (χ0n) is 13.0. The number of fused-ring (bicyclic) bond motifs is 1. The summed E-state index contributed by atoms with van der Waals surface area (Å²) in [6.45, 7) is 1.51. The second kappa shape index (κ2) is 6.21. The molecule has 0 fully saturated rings. The van der Waals surface area contributed by atoms with Gasteiger partial charge in [0, 0.05) is 29.9 Å². The van der Waals surface area contributed by atoms with Gasteiger partial charge in [-0.1, -0.05) is 54.6 Å². The first-order valence-electron chi connectivity index (χ1n) is 7.67. The van der Waals surface area contributed by atoms with Crippen molar-refractivity contribution in [3.8, 4) is 0 Å². The van der Waals surface area contributed by atoms with Crippen LogP contribution in [0.2, 0.25) is 0 Å². The third kappa shape index (κ3) is 2.95. The molecule has 116 valence electrons. The summed E-state index contributed by atoms with van der Waals surface area (Å²) in [6.07, 6.45) is 0.466. The number of allylic oxidation sites excluding steroid dienone is 1. The van der Waals surface area contributed by atoms with E-state index in [1.165, 1.54) is 6.92 Å². The third-order valence-electron chi connectivity index (χ3n) is 4.22. The van der Waals surface area contributed by atoms with Gasteiger partial charge in [0.1, 0.15) is 11.5 Å². The van der Waals surface area contributed by atoms with Crippen LogP contribution >= 0.6 is 0 Å². The smallest absolute Gasteiger partial charge is 0.167 e. The van der Waals surface area contributed by atoms with Crippen LogP contribution < -0.4 is 0 Å². The molecule has 2 aromatic rings. The molecule has 3 rings (SSSR count). The Morgan fingerprint density at radius 2 is 1.74 bits per heavy atom. The minimum atomic E-state index is -0.408. The number of hydrogen-bond acceptors (Lipinski definition) is 3. The van der Waals surface area contributed by atoms with Crippen molar-refractivity contribution < 1.29 is 14.7 Å². The van der Waals surface area contributed by atoms with Gasteiger partial charge in [-0.2, -0.15) is 0 Å². The number of aliphatic hydroxyl groups is 1. The summed E-state index contributed by atoms with van der Waals surface area (Å²) in [6, 6.07) is 16.8. The molecule has 1 aliphatic rings. The van der Waals surface area contributed by atoms with E-state index in [1.807, 2.05) is 54.6 Å². The highest BCUT2D eigenvalue weighted by Gasteiger charge is 2.32. The molecule has 0 spiro atoms. The number of carbonyl (C=O) groups is 2. The molecule has 0 radical (unpaired) electrons. The summed E-state index contributed by atoms with van der Waals surface area (Å²) in [5.74, 6) is -0.524. The Morgan fingerprint density at radius 1 is 1.09 bits per heavy atom. The maximum Gasteiger partial charge on any atom is 0.167 e. The van der Waals surface area contributed by atoms with Gasteiger partial charge in [-0.05, 0) is 18.1 Å². The number of carbonyl (C=O) groups excluding carboxylic acids is 2. The highest BCUT2D eigenvalue weighted by Crippen LogP contribution is 2.37. The second-order valence-electron chi connectivity index (χ2n) is 5.89. The van der Waals surface area contributed by atoms with E-state index in [9.17, 15) is 14.7 Å². The molecule has 1 atom stereocenters. The number of hydrogen-bond donors (Lipinski definition) is 1. The van der Waals surface area contributed by atoms with Gasteiger partial charge in [-0.15, -0.1) is 0 Å². The van der Waals surface area contributed by atoms with Gasteiger partial charge >= 0.3 is 0 Å². The largest absolute Gasteiger partial charge is 0.507 e. The standard InChI is InChI=1S/C20H18O3/c1-13(21)11-17(14-7-3-2-4-8-14)19-18(22)12-15-9-5-6-10-16(15)20(19)23/h2-10,17,23H,11-12H2,1H3. The van der Waals surface area contributed by atoms with Crippen molar-refractivity contribution in [2.24, 2.45) is 0 Å². The molecule has 1 unspecified atom stereocenters. The predicted octanol–water partition coefficient (Wildman–Crippen LogP) is 3.84. The highest BCUT2D eigenvalue weighted by atomic mass is 16.3. The SMILES string of the molecule is CC(=O)CC(C1=C(O)c2ccccc2CC1=O)c1ccccc1. The maximum absolute atomic E-state index is 12.6. The van der Waals surface area contributed by atoms with E-state index >= 15 is 0 Å². The van der Waals surface area contributed by atoms with Crippen LogP contribution in [0.5, 0.6) is 0 Å². The van der Waals surface area contributed by atoms with Crippen molar-refractivity contribution >= 4 is 17.3 Å². The van der Waals surface area contributed by atoms with Crippen LogP contribution in [0.4, 0.5) is 0 Å². The van der Waals surface area contributed by atoms with E-state index in [-0.39, 0.29) is 30.2 Å². The molecule has 23 heavy (non-hydrogen) atoms. The number of Topliss-reactive ketones (excluding diaryl/α,β-unsaturated/α-hetero) is 2. The van der Waals surface area contributed by atoms with E-state index < -0.39 is 5.92 Å². The Labute approximate surface area is 135 Å². The van der Waals surface area contributed by atoms with Gasteiger partial charge in [-0.25, -0.2) is 0 Å². The van der Waals surface area contributed by atoms with Crippen LogP contribution in [0, 0.1) is 0 Å². The quantitative estimate of drug-likeness (QED) is 0.933. The summed E-state index contributed by atoms with van der Waals surface area (Å²) < 4.78 is 0. The monoisotopic (exact) mass is 306 g/mol. The van der Waals surface area contributed by atoms with Gasteiger partial charge in [0.05, 0.1) is 0 Å². The molecule has 3 nitrogen and oxygen atoms in total. The third-order valence-corrected chi connectivity index (χ3v) is 4.22. The Morgan fingerprint density at radius 3 is 2.43 bits per heavy atom. The van der Waals surface area contributed by atoms with Gasteiger partial charge < -0.3 is 5.11 Å². The van der Waals surface area contributed by atoms with Crippen molar-refractivity contribution in [2.75, 3.05) is 0 Å². The number of ketones is 2. The van der Waals surface area contributed by atoms with Crippen molar-refractivity contribution in [1.29, 1.82) is 0 Å². The number of aliphatic hydroxyl groups excluding tert-OH is 1. The van der Waals surface area contributed by atoms with E-state index in [0.717, 1.165) is 11.1 Å². The molecule has 0 aliphatic heterocycles. The first-order valence-corrected chi connectivity index (χ1v) is 7.67. The van der Waals surface area contributed by atoms with E-state index in [1.54, 1.807) is 0 Å². The normalized spacial score (nSPS) is 15.3. The lowest BCUT2D eigenvalue weighted by Crippen LogP contribution is -2.22. The zero-order chi connectivity index (χ0) is 16.4. The molecule has 3 heteroatoms. The Balaban J connectivity index is 2.15. The second-order valence-corrected chi connectivity index (χ2v) is 5.89. The molecule has 1 N–H and O–H groups in total. The molecule has 0 saturated heterocycles. The summed E-state index contributed by atoms with van der Waals surface area (Å²) in [4.78, 5) is 24.3. The molecular formula is C20H18O3. The van der Waals surface area contributed by atoms with E-state index in [4.69, 9.17) is 0 Å². The van der Waals surface area contributed by atoms with Crippen LogP contribution in [0.3, 0.4) is 0 Å². The van der Waals surface area contributed by atoms with Crippen LogP contribution in [0.1, 0.15) is 36.0 Å². The minimum Gasteiger partial charge on any atom is -0.507 e. The van der Waals surface area contributed by atoms with Gasteiger partial charge in [0.15, 0.2) is 5.78 Å². The average Bonchev–Trinajstić information content (AvgIpc) is 2.54. The molecule has 0 bridgehead atoms. The lowest BCUT2D eigenvalue weighted by molar-refractivity contribution is -0.117. The van der Waals surface area contributed by atoms with Gasteiger partial charge in [0.2, 0.25) is 0 Å². The Kier molecular flexibility index (Phi) is 4.11. The lowest BCUT2D eigenvalue weighted by Gasteiger charge is -2.25. The molecule has 0 heterocycles. The first kappa shape index (κ1) is 15.2. The number of benzene rings is 2. The van der Waals surface area contributed by atoms with Gasteiger partial charge in [-0.3, -0.25) is 9.59 Å². The van der Waals surface area contributed by atoms with Crippen LogP contribution in [-0.4, -0.2) is 16.7 Å². The Hall–Kier alpha value is -2.68. The zero-order valence-corrected chi connectivity index (χ0v) is 13.0. The summed E-state index contributed by atoms with van der Waals surface area (Å²) in [5.41, 5.74) is 2.74. The summed E-state index contributed by atoms with van der Waals surface area (Å²) >= 11 is 0. The van der Waals surface area contributed by atoms with E-state index in [0.29, 0.717) is 11.1 Å². The number of rotatable bonds is 4. The predicted molar refractivity (Wildman–Crippen MR) is 89.2 cm³/mol. The van der Waals surface area contributed by atoms with Crippen molar-refractivity contribution in [1.82, 2.24) is 0 Å². The summed E-state index contributed by atoms with van der Waals surface area (Å²) in [7, 11) is 0. The molecule has 0 amide bonds. The van der Waals surface area contributed by atoms with Crippen LogP contribution in [-0.2, 0) is 16.0 Å². The lowest BCUT2D eigenvalue weighted by atomic mass is 9.78. The van der Waals surface area contributed by atoms with Gasteiger partial charge in [0.25, 0.3) is 0 Å². The molecule has 0 aromatic heterocycles. The fourth-order valence-electron chi connectivity index (χ4n) is 3.17. The van der Waals surface area contributed by atoms with E-state index in [2.05, 4.69) is 0 Å². The van der Waals surface area contributed by atoms with Crippen LogP contribution in [0.25, 0.3) is 5.76 Å². The fourth-order valence-corrected chi connectivity index (χ4v) is 3.17. The fraction of sp³-hybridized carbons (Fsp3) is 0.200.